The zero-order valence-electron chi connectivity index (χ0n) is 19.5. The minimum absolute atomic E-state index is 0. The molecule has 0 radical (unpaired) electrons. The van der Waals surface area contributed by atoms with E-state index in [-0.39, 0.29) is 48.4 Å². The summed E-state index contributed by atoms with van der Waals surface area (Å²) in [4.78, 5) is 37.0. The Labute approximate surface area is 208 Å². The molecule has 3 aliphatic heterocycles. The van der Waals surface area contributed by atoms with Gasteiger partial charge in [0.2, 0.25) is 11.8 Å². The number of hydrogen-bond acceptors (Lipinski definition) is 6. The van der Waals surface area contributed by atoms with Crippen molar-refractivity contribution in [2.45, 2.75) is 25.4 Å². The number of rotatable bonds is 6. The highest BCUT2D eigenvalue weighted by Crippen LogP contribution is 2.12. The molecule has 3 saturated heterocycles. The van der Waals surface area contributed by atoms with E-state index < -0.39 is 0 Å². The Kier molecular flexibility index (Phi) is 12.0. The second-order valence-electron chi connectivity index (χ2n) is 8.55. The Hall–Kier alpha value is -1.18. The molecule has 184 valence electrons. The number of morpholine rings is 1. The highest BCUT2D eigenvalue weighted by molar-refractivity contribution is 14.0. The number of carbonyl (C=O) groups excluding carboxylic acids is 2. The van der Waals surface area contributed by atoms with Gasteiger partial charge >= 0.3 is 0 Å². The van der Waals surface area contributed by atoms with Crippen molar-refractivity contribution in [3.8, 4) is 0 Å². The smallest absolute Gasteiger partial charge is 0.243 e. The first kappa shape index (κ1) is 27.1. The number of nitrogens with zero attached hydrogens (tertiary/aromatic N) is 5. The largest absolute Gasteiger partial charge is 0.378 e. The molecule has 3 aliphatic rings. The van der Waals surface area contributed by atoms with Crippen molar-refractivity contribution >= 4 is 41.8 Å². The quantitative estimate of drug-likeness (QED) is 0.268. The molecule has 3 fully saturated rings. The van der Waals surface area contributed by atoms with Crippen LogP contribution in [0.5, 0.6) is 0 Å². The number of piperazine rings is 1. The van der Waals surface area contributed by atoms with Crippen LogP contribution in [0.25, 0.3) is 0 Å². The molecule has 2 amide bonds. The molecule has 3 heterocycles. The van der Waals surface area contributed by atoms with E-state index in [1.54, 1.807) is 19.0 Å². The van der Waals surface area contributed by atoms with Crippen LogP contribution in [0.15, 0.2) is 4.99 Å². The van der Waals surface area contributed by atoms with Crippen LogP contribution in [0.1, 0.15) is 19.3 Å². The molecule has 1 N–H and O–H groups in total. The highest BCUT2D eigenvalue weighted by atomic mass is 127. The predicted molar refractivity (Wildman–Crippen MR) is 133 cm³/mol. The second-order valence-corrected chi connectivity index (χ2v) is 8.55. The van der Waals surface area contributed by atoms with Crippen molar-refractivity contribution in [1.29, 1.82) is 0 Å². The third-order valence-corrected chi connectivity index (χ3v) is 6.02. The number of halogens is 1. The monoisotopic (exact) mass is 566 g/mol. The van der Waals surface area contributed by atoms with Gasteiger partial charge in [-0.1, -0.05) is 0 Å². The van der Waals surface area contributed by atoms with Gasteiger partial charge in [0.15, 0.2) is 5.96 Å². The molecule has 1 atom stereocenters. The molecular formula is C21H39IN6O4. The van der Waals surface area contributed by atoms with Crippen LogP contribution < -0.4 is 5.32 Å². The molecule has 32 heavy (non-hydrogen) atoms. The van der Waals surface area contributed by atoms with Crippen LogP contribution in [0.4, 0.5) is 0 Å². The van der Waals surface area contributed by atoms with Gasteiger partial charge in [0.1, 0.15) is 6.54 Å². The van der Waals surface area contributed by atoms with E-state index in [1.807, 2.05) is 4.90 Å². The van der Waals surface area contributed by atoms with Crippen molar-refractivity contribution in [1.82, 2.24) is 24.9 Å². The normalized spacial score (nSPS) is 22.8. The summed E-state index contributed by atoms with van der Waals surface area (Å²) in [7, 11) is 3.48. The third kappa shape index (κ3) is 8.64. The van der Waals surface area contributed by atoms with Crippen LogP contribution in [-0.4, -0.2) is 136 Å². The van der Waals surface area contributed by atoms with Crippen LogP contribution in [-0.2, 0) is 19.1 Å². The third-order valence-electron chi connectivity index (χ3n) is 6.02. The van der Waals surface area contributed by atoms with Crippen molar-refractivity contribution in [3.05, 3.63) is 0 Å². The van der Waals surface area contributed by atoms with Crippen LogP contribution in [0.2, 0.25) is 0 Å². The highest BCUT2D eigenvalue weighted by Gasteiger charge is 2.25. The minimum atomic E-state index is -0.0250. The number of nitrogens with one attached hydrogen (secondary N) is 1. The number of amides is 2. The molecule has 0 spiro atoms. The van der Waals surface area contributed by atoms with Crippen LogP contribution in [0.3, 0.4) is 0 Å². The Morgan fingerprint density at radius 1 is 1.00 bits per heavy atom. The van der Waals surface area contributed by atoms with E-state index in [9.17, 15) is 9.59 Å². The van der Waals surface area contributed by atoms with Gasteiger partial charge in [-0.15, -0.1) is 24.0 Å². The molecule has 0 saturated carbocycles. The van der Waals surface area contributed by atoms with Gasteiger partial charge < -0.3 is 29.5 Å². The number of aliphatic imine (C=N–C) groups is 1. The lowest BCUT2D eigenvalue weighted by atomic mass is 10.1. The number of guanidine groups is 1. The van der Waals surface area contributed by atoms with E-state index in [0.717, 1.165) is 51.6 Å². The fraction of sp³-hybridized carbons (Fsp3) is 0.857. The molecule has 0 aromatic heterocycles. The zero-order valence-corrected chi connectivity index (χ0v) is 21.8. The summed E-state index contributed by atoms with van der Waals surface area (Å²) < 4.78 is 11.2. The summed E-state index contributed by atoms with van der Waals surface area (Å²) in [6.07, 6.45) is 3.55. The Morgan fingerprint density at radius 2 is 1.72 bits per heavy atom. The maximum absolute atomic E-state index is 12.5. The van der Waals surface area contributed by atoms with Crippen LogP contribution in [0, 0.1) is 0 Å². The lowest BCUT2D eigenvalue weighted by molar-refractivity contribution is -0.136. The molecule has 3 rings (SSSR count). The zero-order chi connectivity index (χ0) is 22.1. The summed E-state index contributed by atoms with van der Waals surface area (Å²) >= 11 is 0. The molecule has 0 bridgehead atoms. The van der Waals surface area contributed by atoms with Crippen molar-refractivity contribution in [2.75, 3.05) is 92.8 Å². The number of hydrogen-bond donors (Lipinski definition) is 1. The summed E-state index contributed by atoms with van der Waals surface area (Å²) in [5, 5.41) is 3.43. The van der Waals surface area contributed by atoms with Crippen LogP contribution >= 0.6 is 24.0 Å². The van der Waals surface area contributed by atoms with Gasteiger partial charge in [-0.25, -0.2) is 4.99 Å². The Morgan fingerprint density at radius 3 is 2.34 bits per heavy atom. The summed E-state index contributed by atoms with van der Waals surface area (Å²) in [6.45, 7) is 7.82. The van der Waals surface area contributed by atoms with Gasteiger partial charge in [-0.05, 0) is 19.3 Å². The SMILES string of the molecule is CN(C)C(=O)CN=C(NCC1CCCCO1)N1CCN(CC(=O)N2CCOCC2)CC1.I. The first-order chi connectivity index (χ1) is 15.0. The fourth-order valence-electron chi connectivity index (χ4n) is 3.95. The second kappa shape index (κ2) is 14.2. The number of ether oxygens (including phenoxy) is 2. The average Bonchev–Trinajstić information content (AvgIpc) is 2.80. The maximum Gasteiger partial charge on any atom is 0.243 e. The minimum Gasteiger partial charge on any atom is -0.378 e. The van der Waals surface area contributed by atoms with E-state index in [4.69, 9.17) is 9.47 Å². The van der Waals surface area contributed by atoms with Crippen molar-refractivity contribution < 1.29 is 19.1 Å². The molecule has 11 heteroatoms. The summed E-state index contributed by atoms with van der Waals surface area (Å²) in [6, 6.07) is 0. The Bertz CT molecular complexity index is 615. The average molecular weight is 566 g/mol. The number of carbonyl (C=O) groups is 2. The van der Waals surface area contributed by atoms with E-state index in [1.165, 1.54) is 6.42 Å². The molecule has 0 aromatic rings. The molecular weight excluding hydrogens is 527 g/mol. The number of likely N-dealkylation sites (N-methyl/N-ethyl adjacent to an activating group) is 1. The van der Waals surface area contributed by atoms with Gasteiger partial charge in [-0.2, -0.15) is 0 Å². The first-order valence-corrected chi connectivity index (χ1v) is 11.5. The first-order valence-electron chi connectivity index (χ1n) is 11.5. The maximum atomic E-state index is 12.5. The fourth-order valence-corrected chi connectivity index (χ4v) is 3.95. The van der Waals surface area contributed by atoms with Gasteiger partial charge in [0.25, 0.3) is 0 Å². The molecule has 10 nitrogen and oxygen atoms in total. The molecule has 0 aromatic carbocycles. The van der Waals surface area contributed by atoms with E-state index in [2.05, 4.69) is 20.1 Å². The van der Waals surface area contributed by atoms with Crippen molar-refractivity contribution in [3.63, 3.8) is 0 Å². The van der Waals surface area contributed by atoms with E-state index in [0.29, 0.717) is 39.4 Å². The summed E-state index contributed by atoms with van der Waals surface area (Å²) in [5.41, 5.74) is 0. The lowest BCUT2D eigenvalue weighted by Crippen LogP contribution is -2.55. The predicted octanol–water partition coefficient (Wildman–Crippen LogP) is -0.316. The lowest BCUT2D eigenvalue weighted by Gasteiger charge is -2.38. The van der Waals surface area contributed by atoms with Gasteiger partial charge in [0, 0.05) is 66.5 Å². The molecule has 0 aliphatic carbocycles. The summed E-state index contributed by atoms with van der Waals surface area (Å²) in [5.74, 6) is 0.904. The molecule has 1 unspecified atom stereocenters. The van der Waals surface area contributed by atoms with E-state index >= 15 is 0 Å². The standard InChI is InChI=1S/C21H38N6O4.HI/c1-24(2)19(28)16-23-21(22-15-18-5-3-4-12-31-18)27-8-6-25(7-9-27)17-20(29)26-10-13-30-14-11-26;/h18H,3-17H2,1-2H3,(H,22,23);1H. The van der Waals surface area contributed by atoms with Gasteiger partial charge in [-0.3, -0.25) is 14.5 Å². The van der Waals surface area contributed by atoms with Gasteiger partial charge in [0.05, 0.1) is 25.9 Å². The Balaban J connectivity index is 0.00000363. The van der Waals surface area contributed by atoms with Crippen molar-refractivity contribution in [2.24, 2.45) is 4.99 Å². The topological polar surface area (TPSA) is 90.0 Å².